The lowest BCUT2D eigenvalue weighted by Crippen LogP contribution is -2.45. The Hall–Kier alpha value is -1.76. The van der Waals surface area contributed by atoms with Gasteiger partial charge in [-0.05, 0) is 31.4 Å². The fourth-order valence-corrected chi connectivity index (χ4v) is 4.48. The summed E-state index contributed by atoms with van der Waals surface area (Å²) >= 11 is 0. The Kier molecular flexibility index (Phi) is 5.51. The number of hydrogen-bond donors (Lipinski definition) is 1. The number of amides is 2. The highest BCUT2D eigenvalue weighted by molar-refractivity contribution is 7.91. The average Bonchev–Trinajstić information content (AvgIpc) is 2.85. The molecule has 1 aliphatic rings. The van der Waals surface area contributed by atoms with Gasteiger partial charge in [-0.15, -0.1) is 0 Å². The smallest absolute Gasteiger partial charge is 0.317 e. The largest absolute Gasteiger partial charge is 0.491 e. The Morgan fingerprint density at radius 1 is 1.35 bits per heavy atom. The first-order chi connectivity index (χ1) is 10.8. The van der Waals surface area contributed by atoms with Crippen molar-refractivity contribution in [3.8, 4) is 5.75 Å². The van der Waals surface area contributed by atoms with E-state index in [1.165, 1.54) is 4.90 Å². The Bertz CT molecular complexity index is 652. The maximum absolute atomic E-state index is 12.1. The molecule has 1 aliphatic heterocycles. The van der Waals surface area contributed by atoms with Crippen molar-refractivity contribution in [2.24, 2.45) is 0 Å². The van der Waals surface area contributed by atoms with Crippen molar-refractivity contribution >= 4 is 15.9 Å². The van der Waals surface area contributed by atoms with Gasteiger partial charge in [-0.3, -0.25) is 0 Å². The van der Waals surface area contributed by atoms with E-state index in [2.05, 4.69) is 5.32 Å². The second kappa shape index (κ2) is 7.21. The Balaban J connectivity index is 1.77. The van der Waals surface area contributed by atoms with Crippen molar-refractivity contribution in [1.29, 1.82) is 0 Å². The molecule has 1 aromatic carbocycles. The minimum Gasteiger partial charge on any atom is -0.491 e. The highest BCUT2D eigenvalue weighted by Gasteiger charge is 2.32. The van der Waals surface area contributed by atoms with Crippen LogP contribution in [0.1, 0.15) is 17.5 Å². The monoisotopic (exact) mass is 340 g/mol. The van der Waals surface area contributed by atoms with Crippen LogP contribution < -0.4 is 10.1 Å². The lowest BCUT2D eigenvalue weighted by molar-refractivity contribution is 0.192. The molecule has 6 nitrogen and oxygen atoms in total. The number of carbonyl (C=O) groups is 1. The molecule has 1 heterocycles. The number of benzene rings is 1. The molecule has 2 rings (SSSR count). The highest BCUT2D eigenvalue weighted by atomic mass is 32.2. The van der Waals surface area contributed by atoms with E-state index < -0.39 is 9.84 Å². The fourth-order valence-electron chi connectivity index (χ4n) is 2.71. The van der Waals surface area contributed by atoms with Gasteiger partial charge in [-0.25, -0.2) is 13.2 Å². The molecule has 0 radical (unpaired) electrons. The van der Waals surface area contributed by atoms with Crippen LogP contribution in [-0.4, -0.2) is 57.1 Å². The first-order valence-electron chi connectivity index (χ1n) is 7.70. The number of urea groups is 1. The molecule has 1 atom stereocenters. The van der Waals surface area contributed by atoms with Crippen LogP contribution in [0.15, 0.2) is 18.2 Å². The molecule has 0 aromatic heterocycles. The molecule has 0 aliphatic carbocycles. The Labute approximate surface area is 137 Å². The summed E-state index contributed by atoms with van der Waals surface area (Å²) in [5, 5.41) is 2.76. The van der Waals surface area contributed by atoms with Crippen molar-refractivity contribution in [3.05, 3.63) is 29.3 Å². The molecule has 128 valence electrons. The van der Waals surface area contributed by atoms with E-state index in [9.17, 15) is 13.2 Å². The number of aryl methyl sites for hydroxylation is 2. The van der Waals surface area contributed by atoms with Gasteiger partial charge in [0.1, 0.15) is 12.4 Å². The first kappa shape index (κ1) is 17.6. The molecule has 0 spiro atoms. The Morgan fingerprint density at radius 2 is 2.00 bits per heavy atom. The van der Waals surface area contributed by atoms with E-state index in [1.807, 2.05) is 32.0 Å². The lowest BCUT2D eigenvalue weighted by atomic mass is 10.1. The number of ether oxygens (including phenoxy) is 1. The van der Waals surface area contributed by atoms with Crippen molar-refractivity contribution < 1.29 is 17.9 Å². The third-order valence-electron chi connectivity index (χ3n) is 4.11. The number of nitrogens with zero attached hydrogens (tertiary/aromatic N) is 1. The van der Waals surface area contributed by atoms with Gasteiger partial charge in [-0.2, -0.15) is 0 Å². The molecule has 1 aromatic rings. The summed E-state index contributed by atoms with van der Waals surface area (Å²) in [5.41, 5.74) is 2.12. The molecule has 0 unspecified atom stereocenters. The van der Waals surface area contributed by atoms with Gasteiger partial charge >= 0.3 is 6.03 Å². The van der Waals surface area contributed by atoms with Gasteiger partial charge in [0.2, 0.25) is 0 Å². The number of para-hydroxylation sites is 1. The predicted molar refractivity (Wildman–Crippen MR) is 89.6 cm³/mol. The zero-order chi connectivity index (χ0) is 17.0. The second-order valence-corrected chi connectivity index (χ2v) is 8.20. The number of carbonyl (C=O) groups excluding carboxylic acids is 1. The molecule has 0 bridgehead atoms. The Morgan fingerprint density at radius 3 is 2.57 bits per heavy atom. The molecule has 1 N–H and O–H groups in total. The van der Waals surface area contributed by atoms with E-state index in [4.69, 9.17) is 4.74 Å². The minimum atomic E-state index is -2.99. The maximum atomic E-state index is 12.1. The summed E-state index contributed by atoms with van der Waals surface area (Å²) < 4.78 is 28.7. The summed E-state index contributed by atoms with van der Waals surface area (Å²) in [4.78, 5) is 13.5. The molecular formula is C16H24N2O4S. The van der Waals surface area contributed by atoms with Gasteiger partial charge in [0.15, 0.2) is 9.84 Å². The van der Waals surface area contributed by atoms with Crippen LogP contribution in [0.3, 0.4) is 0 Å². The fraction of sp³-hybridized carbons (Fsp3) is 0.562. The molecule has 2 amide bonds. The highest BCUT2D eigenvalue weighted by Crippen LogP contribution is 2.22. The molecule has 0 saturated carbocycles. The summed E-state index contributed by atoms with van der Waals surface area (Å²) in [7, 11) is -1.36. The van der Waals surface area contributed by atoms with Crippen LogP contribution in [-0.2, 0) is 9.84 Å². The number of sulfone groups is 1. The number of nitrogens with one attached hydrogen (secondary N) is 1. The van der Waals surface area contributed by atoms with Crippen LogP contribution in [0.4, 0.5) is 4.79 Å². The van der Waals surface area contributed by atoms with E-state index in [-0.39, 0.29) is 23.6 Å². The van der Waals surface area contributed by atoms with Crippen molar-refractivity contribution in [1.82, 2.24) is 10.2 Å². The van der Waals surface area contributed by atoms with Gasteiger partial charge in [-0.1, -0.05) is 18.2 Å². The number of rotatable bonds is 5. The minimum absolute atomic E-state index is 0.0514. The second-order valence-electron chi connectivity index (χ2n) is 5.97. The van der Waals surface area contributed by atoms with Crippen molar-refractivity contribution in [2.75, 3.05) is 31.7 Å². The summed E-state index contributed by atoms with van der Waals surface area (Å²) in [6.07, 6.45) is 0.505. The molecular weight excluding hydrogens is 316 g/mol. The third kappa shape index (κ3) is 4.60. The van der Waals surface area contributed by atoms with Crippen LogP contribution in [0.2, 0.25) is 0 Å². The quantitative estimate of drug-likeness (QED) is 0.825. The van der Waals surface area contributed by atoms with E-state index >= 15 is 0 Å². The average molecular weight is 340 g/mol. The molecule has 23 heavy (non-hydrogen) atoms. The van der Waals surface area contributed by atoms with Gasteiger partial charge in [0.25, 0.3) is 0 Å². The van der Waals surface area contributed by atoms with Gasteiger partial charge in [0.05, 0.1) is 18.1 Å². The topological polar surface area (TPSA) is 75.7 Å². The van der Waals surface area contributed by atoms with E-state index in [0.717, 1.165) is 16.9 Å². The van der Waals surface area contributed by atoms with Crippen LogP contribution in [0, 0.1) is 13.8 Å². The zero-order valence-corrected chi connectivity index (χ0v) is 14.6. The molecule has 1 fully saturated rings. The third-order valence-corrected chi connectivity index (χ3v) is 5.86. The van der Waals surface area contributed by atoms with Crippen molar-refractivity contribution in [2.45, 2.75) is 26.3 Å². The zero-order valence-electron chi connectivity index (χ0n) is 13.8. The van der Waals surface area contributed by atoms with E-state index in [0.29, 0.717) is 19.6 Å². The van der Waals surface area contributed by atoms with Crippen LogP contribution >= 0.6 is 0 Å². The van der Waals surface area contributed by atoms with Crippen molar-refractivity contribution in [3.63, 3.8) is 0 Å². The maximum Gasteiger partial charge on any atom is 0.317 e. The predicted octanol–water partition coefficient (Wildman–Crippen LogP) is 1.51. The molecule has 1 saturated heterocycles. The summed E-state index contributed by atoms with van der Waals surface area (Å²) in [6, 6.07) is 5.44. The standard InChI is InChI=1S/C16H24N2O4S/c1-12-5-4-6-13(2)15(12)22-9-8-17-16(19)18(3)14-7-10-23(20,21)11-14/h4-6,14H,7-11H2,1-3H3,(H,17,19)/t14-/m0/s1. The van der Waals surface area contributed by atoms with Crippen LogP contribution in [0.5, 0.6) is 5.75 Å². The van der Waals surface area contributed by atoms with Crippen LogP contribution in [0.25, 0.3) is 0 Å². The SMILES string of the molecule is Cc1cccc(C)c1OCCNC(=O)N(C)[C@H]1CCS(=O)(=O)C1. The van der Waals surface area contributed by atoms with E-state index in [1.54, 1.807) is 7.05 Å². The summed E-state index contributed by atoms with van der Waals surface area (Å²) in [5.74, 6) is 1.05. The first-order valence-corrected chi connectivity index (χ1v) is 9.52. The van der Waals surface area contributed by atoms with Gasteiger partial charge < -0.3 is 15.0 Å². The normalized spacial score (nSPS) is 19.3. The van der Waals surface area contributed by atoms with Gasteiger partial charge in [0, 0.05) is 13.1 Å². The lowest BCUT2D eigenvalue weighted by Gasteiger charge is -2.23. The number of hydrogen-bond acceptors (Lipinski definition) is 4. The molecule has 7 heteroatoms. The summed E-state index contributed by atoms with van der Waals surface area (Å²) in [6.45, 7) is 4.70.